The number of hydrogen-bond donors (Lipinski definition) is 0. The fourth-order valence-electron chi connectivity index (χ4n) is 9.05. The molecule has 14 heteroatoms. The molecule has 7 atom stereocenters. The second kappa shape index (κ2) is 18.0. The highest BCUT2D eigenvalue weighted by atomic mass is 35.5. The number of ketones is 1. The van der Waals surface area contributed by atoms with Gasteiger partial charge in [-0.05, 0) is 91.3 Å². The molecule has 0 N–H and O–H groups in total. The Morgan fingerprint density at radius 2 is 1.90 bits per heavy atom. The molecule has 7 rings (SSSR count). The van der Waals surface area contributed by atoms with Crippen molar-refractivity contribution in [3.63, 3.8) is 0 Å². The average molecular weight is 833 g/mol. The molecule has 310 valence electrons. The van der Waals surface area contributed by atoms with Crippen LogP contribution in [0.15, 0.2) is 59.1 Å². The highest BCUT2D eigenvalue weighted by molar-refractivity contribution is 7.94. The van der Waals surface area contributed by atoms with Gasteiger partial charge >= 0.3 is 0 Å². The first-order chi connectivity index (χ1) is 27.9. The van der Waals surface area contributed by atoms with Crippen LogP contribution in [-0.2, 0) is 42.8 Å². The van der Waals surface area contributed by atoms with Crippen LogP contribution in [0.3, 0.4) is 0 Å². The molecule has 0 radical (unpaired) electrons. The topological polar surface area (TPSA) is 131 Å². The molecule has 0 unspecified atom stereocenters. The van der Waals surface area contributed by atoms with E-state index in [0.29, 0.717) is 24.8 Å². The number of aromatic nitrogens is 2. The molecule has 1 aromatic heterocycles. The lowest BCUT2D eigenvalue weighted by Gasteiger charge is -2.46. The van der Waals surface area contributed by atoms with Gasteiger partial charge in [0, 0.05) is 62.3 Å². The zero-order chi connectivity index (χ0) is 41.0. The largest absolute Gasteiger partial charge is 0.490 e. The number of methoxy groups -OCH3 is 3. The molecule has 3 heterocycles. The van der Waals surface area contributed by atoms with Crippen LogP contribution in [0.4, 0.5) is 5.69 Å². The molecule has 1 fully saturated rings. The summed E-state index contributed by atoms with van der Waals surface area (Å²) in [6.07, 6.45) is 9.64. The number of nitrogens with zero attached hydrogens (tertiary/aromatic N) is 4. The highest BCUT2D eigenvalue weighted by Gasteiger charge is 2.44. The van der Waals surface area contributed by atoms with Gasteiger partial charge in [0.2, 0.25) is 5.88 Å². The Kier molecular flexibility index (Phi) is 13.0. The molecule has 1 saturated carbocycles. The summed E-state index contributed by atoms with van der Waals surface area (Å²) in [5.41, 5.74) is 3.40. The van der Waals surface area contributed by atoms with Crippen molar-refractivity contribution in [1.29, 1.82) is 0 Å². The standard InChI is InChI=1S/C44H53ClN4O8S/c1-29-25-58(52,26-38(50)35-24-48(2)46-43(35)55-5)47-42(51)31-11-15-41-37(22-31)49(27-44(28-57-41)18-8-9-30-21-33(45)12-14-36(30)44)23-32-10-13-34(32)40(54-4)17-16-39(29)56-20-7-6-19-53-3/h11-12,14-17,21-22,24,29,32,34,39-40H,8-10,13,18-20,23,25-28H2,1-5H3/b17-16+/t29-,32+,34-,39+,40+,44+,58-/m1/s1. The van der Waals surface area contributed by atoms with Crippen LogP contribution in [-0.4, -0.2) is 104 Å². The number of benzene rings is 2. The molecule has 2 aliphatic carbocycles. The minimum atomic E-state index is -3.55. The van der Waals surface area contributed by atoms with Gasteiger partial charge in [0.1, 0.15) is 24.5 Å². The van der Waals surface area contributed by atoms with Crippen molar-refractivity contribution in [2.45, 2.75) is 56.7 Å². The van der Waals surface area contributed by atoms with E-state index in [-0.39, 0.29) is 53.4 Å². The van der Waals surface area contributed by atoms with E-state index in [4.69, 9.17) is 35.3 Å². The molecular weight excluding hydrogens is 780 g/mol. The van der Waals surface area contributed by atoms with Gasteiger partial charge < -0.3 is 28.6 Å². The summed E-state index contributed by atoms with van der Waals surface area (Å²) in [6, 6.07) is 11.5. The maximum atomic E-state index is 15.1. The number of ether oxygens (including phenoxy) is 5. The lowest BCUT2D eigenvalue weighted by atomic mass is 9.68. The predicted molar refractivity (Wildman–Crippen MR) is 224 cm³/mol. The van der Waals surface area contributed by atoms with Crippen LogP contribution >= 0.6 is 11.6 Å². The summed E-state index contributed by atoms with van der Waals surface area (Å²) in [7, 11) is 2.84. The van der Waals surface area contributed by atoms with Crippen molar-refractivity contribution in [2.24, 2.45) is 29.2 Å². The van der Waals surface area contributed by atoms with Gasteiger partial charge in [-0.1, -0.05) is 48.6 Å². The van der Waals surface area contributed by atoms with Crippen molar-refractivity contribution < 1.29 is 37.5 Å². The number of anilines is 1. The Labute approximate surface area is 346 Å². The Morgan fingerprint density at radius 1 is 1.09 bits per heavy atom. The summed E-state index contributed by atoms with van der Waals surface area (Å²) in [6.45, 7) is 4.11. The Bertz CT molecular complexity index is 2240. The number of hydrogen-bond acceptors (Lipinski definition) is 10. The fraction of sp³-hybridized carbons (Fsp3) is 0.523. The molecule has 1 amide bonds. The van der Waals surface area contributed by atoms with Crippen molar-refractivity contribution in [3.8, 4) is 23.5 Å². The quantitative estimate of drug-likeness (QED) is 0.144. The van der Waals surface area contributed by atoms with E-state index in [0.717, 1.165) is 49.4 Å². The molecule has 2 aliphatic heterocycles. The third-order valence-corrected chi connectivity index (χ3v) is 14.6. The fourth-order valence-corrected chi connectivity index (χ4v) is 11.5. The molecule has 2 bridgehead atoms. The molecule has 3 aromatic rings. The van der Waals surface area contributed by atoms with Gasteiger partial charge in [0.15, 0.2) is 5.78 Å². The first kappa shape index (κ1) is 42.0. The number of halogens is 1. The molecule has 4 aliphatic rings. The van der Waals surface area contributed by atoms with Crippen molar-refractivity contribution in [1.82, 2.24) is 9.78 Å². The van der Waals surface area contributed by atoms with E-state index >= 15 is 4.21 Å². The van der Waals surface area contributed by atoms with Gasteiger partial charge in [0.25, 0.3) is 5.91 Å². The second-order valence-corrected chi connectivity index (χ2v) is 18.8. The Morgan fingerprint density at radius 3 is 2.66 bits per heavy atom. The minimum absolute atomic E-state index is 0.0960. The zero-order valence-corrected chi connectivity index (χ0v) is 35.5. The van der Waals surface area contributed by atoms with Crippen LogP contribution in [0.5, 0.6) is 11.6 Å². The van der Waals surface area contributed by atoms with E-state index in [2.05, 4.69) is 38.3 Å². The monoisotopic (exact) mass is 832 g/mol. The third kappa shape index (κ3) is 9.01. The van der Waals surface area contributed by atoms with E-state index < -0.39 is 39.2 Å². The number of Topliss-reactive ketones (excluding diaryl/α,β-unsaturated/α-hetero) is 1. The Balaban J connectivity index is 1.32. The average Bonchev–Trinajstić information content (AvgIpc) is 3.51. The van der Waals surface area contributed by atoms with Gasteiger partial charge in [-0.15, -0.1) is 5.10 Å². The molecule has 1 spiro atoms. The van der Waals surface area contributed by atoms with Crippen LogP contribution < -0.4 is 14.4 Å². The van der Waals surface area contributed by atoms with Crippen molar-refractivity contribution in [2.75, 3.05) is 70.6 Å². The van der Waals surface area contributed by atoms with Crippen LogP contribution in [0.1, 0.15) is 64.4 Å². The summed E-state index contributed by atoms with van der Waals surface area (Å²) in [4.78, 5) is 30.6. The summed E-state index contributed by atoms with van der Waals surface area (Å²) in [5, 5.41) is 4.94. The molecule has 0 saturated heterocycles. The van der Waals surface area contributed by atoms with Crippen LogP contribution in [0, 0.1) is 29.6 Å². The molecule has 12 nitrogen and oxygen atoms in total. The van der Waals surface area contributed by atoms with Gasteiger partial charge in [-0.2, -0.15) is 4.36 Å². The summed E-state index contributed by atoms with van der Waals surface area (Å²) < 4.78 is 50.6. The van der Waals surface area contributed by atoms with Crippen LogP contribution in [0.25, 0.3) is 0 Å². The third-order valence-electron chi connectivity index (χ3n) is 12.1. The number of carbonyl (C=O) groups excluding carboxylic acids is 2. The predicted octanol–water partition coefficient (Wildman–Crippen LogP) is 6.33. The smallest absolute Gasteiger partial charge is 0.285 e. The molecule has 58 heavy (non-hydrogen) atoms. The lowest BCUT2D eigenvalue weighted by molar-refractivity contribution is 0.0116. The van der Waals surface area contributed by atoms with Crippen LogP contribution in [0.2, 0.25) is 5.02 Å². The second-order valence-electron chi connectivity index (χ2n) is 16.0. The molecule has 2 aromatic carbocycles. The maximum absolute atomic E-state index is 15.1. The highest BCUT2D eigenvalue weighted by Crippen LogP contribution is 2.47. The van der Waals surface area contributed by atoms with Crippen molar-refractivity contribution in [3.05, 3.63) is 82.0 Å². The van der Waals surface area contributed by atoms with Gasteiger partial charge in [-0.25, -0.2) is 4.21 Å². The van der Waals surface area contributed by atoms with E-state index in [1.54, 1.807) is 27.3 Å². The maximum Gasteiger partial charge on any atom is 0.285 e. The number of rotatable bonds is 8. The number of carbonyl (C=O) groups is 2. The van der Waals surface area contributed by atoms with Gasteiger partial charge in [0.05, 0.1) is 47.1 Å². The van der Waals surface area contributed by atoms with Crippen molar-refractivity contribution >= 4 is 38.7 Å². The normalized spacial score (nSPS) is 28.7. The SMILES string of the molecule is COCC#CCO[C@H]1/C=C/[C@H](OC)[C@@H]2CC[C@H]2CN2C[C@@]3(CCCc4cc(Cl)ccc43)COc3ccc(cc32)C(=O)N=[S@](=O)(CC(=O)c2cn(C)nc2OC)C[C@H]1C. The van der Waals surface area contributed by atoms with Gasteiger partial charge in [-0.3, -0.25) is 14.3 Å². The zero-order valence-electron chi connectivity index (χ0n) is 33.9. The minimum Gasteiger partial charge on any atom is -0.490 e. The van der Waals surface area contributed by atoms with E-state index in [1.807, 2.05) is 37.3 Å². The summed E-state index contributed by atoms with van der Waals surface area (Å²) >= 11 is 6.49. The lowest BCUT2D eigenvalue weighted by Crippen LogP contribution is -2.49. The first-order valence-electron chi connectivity index (χ1n) is 19.9. The molecular formula is C44H53ClN4O8S. The van der Waals surface area contributed by atoms with E-state index in [1.165, 1.54) is 29.1 Å². The van der Waals surface area contributed by atoms with E-state index in [9.17, 15) is 9.59 Å². The Hall–Kier alpha value is -4.19. The number of fused-ring (bicyclic) bond motifs is 4. The summed E-state index contributed by atoms with van der Waals surface area (Å²) in [5.74, 6) is 4.95. The first-order valence-corrected chi connectivity index (χ1v) is 22.1. The number of aryl methyl sites for hydroxylation is 2. The number of amides is 1.